The number of aliphatic carboxylic acids is 1. The number of fused-ring (bicyclic) bond motifs is 1. The average molecular weight is 606 g/mol. The van der Waals surface area contributed by atoms with Gasteiger partial charge in [0.25, 0.3) is 0 Å². The van der Waals surface area contributed by atoms with E-state index < -0.39 is 17.9 Å². The lowest BCUT2D eigenvalue weighted by molar-refractivity contribution is -0.158. The number of carboxylic acid groups (broad SMARTS) is 1. The van der Waals surface area contributed by atoms with E-state index in [1.54, 1.807) is 6.92 Å². The van der Waals surface area contributed by atoms with E-state index in [-0.39, 0.29) is 59.3 Å². The fraction of sp³-hybridized carbons (Fsp3) is 0.720. The van der Waals surface area contributed by atoms with E-state index in [1.807, 2.05) is 11.8 Å². The van der Waals surface area contributed by atoms with Gasteiger partial charge in [-0.3, -0.25) is 19.3 Å². The second kappa shape index (κ2) is 12.6. The Kier molecular flexibility index (Phi) is 9.12. The molecular weight excluding hydrogens is 566 g/mol. The Morgan fingerprint density at radius 3 is 2.64 bits per heavy atom. The molecule has 1 unspecified atom stereocenters. The average Bonchev–Trinajstić information content (AvgIpc) is 3.69. The first-order valence-corrected chi connectivity index (χ1v) is 15.1. The van der Waals surface area contributed by atoms with Gasteiger partial charge < -0.3 is 37.0 Å². The van der Waals surface area contributed by atoms with Crippen LogP contribution >= 0.6 is 11.8 Å². The highest BCUT2D eigenvalue weighted by atomic mass is 32.2. The maximum absolute atomic E-state index is 13.3. The van der Waals surface area contributed by atoms with Gasteiger partial charge in [-0.2, -0.15) is 0 Å². The lowest BCUT2D eigenvalue weighted by Gasteiger charge is -2.47. The topological polar surface area (TPSA) is 218 Å². The second-order valence-electron chi connectivity index (χ2n) is 11.5. The van der Waals surface area contributed by atoms with Crippen molar-refractivity contribution in [3.8, 4) is 0 Å². The number of β-lactam (4-membered cyclic amide) rings is 1. The highest BCUT2D eigenvalue weighted by Gasteiger charge is 2.60. The monoisotopic (exact) mass is 605 g/mol. The van der Waals surface area contributed by atoms with Crippen LogP contribution in [0.5, 0.6) is 0 Å². The molecule has 42 heavy (non-hydrogen) atoms. The summed E-state index contributed by atoms with van der Waals surface area (Å²) in [5.41, 5.74) is 11.6. The summed E-state index contributed by atoms with van der Waals surface area (Å²) in [5, 5.41) is 26.9. The van der Waals surface area contributed by atoms with Crippen molar-refractivity contribution >= 4 is 35.5 Å². The minimum atomic E-state index is -1.15. The van der Waals surface area contributed by atoms with Crippen LogP contribution in [0.2, 0.25) is 0 Å². The zero-order chi connectivity index (χ0) is 30.1. The highest BCUT2D eigenvalue weighted by Crippen LogP contribution is 2.51. The summed E-state index contributed by atoms with van der Waals surface area (Å²) in [5.74, 6) is -2.55. The van der Waals surface area contributed by atoms with Crippen LogP contribution in [0.15, 0.2) is 16.9 Å². The standard InChI is InChI=1S/C25H39N11O5S/c1-13-20-19(14(2)30-18(37)11-35-12-29-31-32-35)24(39)36(20)21(25(40)41)22(13)42-16-7-17(28-9-16)23(38)34-5-3-33(4-6-34)10-15(27)8-26/h12-17,19-20,28H,3-11,26-27H2,1-2H3,(H,30,37)(H,40,41)/t13-,14-,15?,16+,17+,19-,20-/m1/s1. The second-order valence-corrected chi connectivity index (χ2v) is 12.8. The molecule has 3 saturated heterocycles. The molecule has 7 atom stereocenters. The predicted octanol–water partition coefficient (Wildman–Crippen LogP) is -3.16. The first-order valence-electron chi connectivity index (χ1n) is 14.3. The normalized spacial score (nSPS) is 29.3. The minimum Gasteiger partial charge on any atom is -0.477 e. The van der Waals surface area contributed by atoms with Crippen LogP contribution in [-0.4, -0.2) is 139 Å². The van der Waals surface area contributed by atoms with Gasteiger partial charge >= 0.3 is 5.97 Å². The Morgan fingerprint density at radius 1 is 1.26 bits per heavy atom. The Balaban J connectivity index is 1.17. The smallest absolute Gasteiger partial charge is 0.353 e. The van der Waals surface area contributed by atoms with E-state index in [0.717, 1.165) is 13.1 Å². The van der Waals surface area contributed by atoms with Crippen LogP contribution in [0.3, 0.4) is 0 Å². The number of amides is 3. The number of aromatic nitrogens is 4. The van der Waals surface area contributed by atoms with Crippen LogP contribution in [0, 0.1) is 11.8 Å². The molecule has 4 aliphatic rings. The van der Waals surface area contributed by atoms with Crippen LogP contribution in [-0.2, 0) is 25.7 Å². The van der Waals surface area contributed by atoms with Crippen molar-refractivity contribution in [1.29, 1.82) is 0 Å². The van der Waals surface area contributed by atoms with Crippen molar-refractivity contribution in [1.82, 2.24) is 45.5 Å². The number of nitrogens with two attached hydrogens (primary N) is 2. The van der Waals surface area contributed by atoms with Crippen molar-refractivity contribution in [3.05, 3.63) is 16.9 Å². The van der Waals surface area contributed by atoms with E-state index in [2.05, 4.69) is 31.1 Å². The maximum Gasteiger partial charge on any atom is 0.353 e. The number of carboxylic acids is 1. The number of nitrogens with one attached hydrogen (secondary N) is 2. The number of carbonyl (C=O) groups excluding carboxylic acids is 3. The molecule has 230 valence electrons. The lowest BCUT2D eigenvalue weighted by atomic mass is 9.78. The zero-order valence-corrected chi connectivity index (χ0v) is 24.6. The molecule has 5 heterocycles. The van der Waals surface area contributed by atoms with Crippen LogP contribution < -0.4 is 22.1 Å². The first-order chi connectivity index (χ1) is 20.1. The largest absolute Gasteiger partial charge is 0.477 e. The van der Waals surface area contributed by atoms with Crippen molar-refractivity contribution in [3.63, 3.8) is 0 Å². The molecule has 16 nitrogen and oxygen atoms in total. The Hall–Kier alpha value is -3.12. The molecular formula is C25H39N11O5S. The molecule has 4 aliphatic heterocycles. The Morgan fingerprint density at radius 2 is 2.00 bits per heavy atom. The van der Waals surface area contributed by atoms with Gasteiger partial charge in [0.2, 0.25) is 17.7 Å². The summed E-state index contributed by atoms with van der Waals surface area (Å²) in [6.07, 6.45) is 1.89. The van der Waals surface area contributed by atoms with E-state index in [9.17, 15) is 24.3 Å². The van der Waals surface area contributed by atoms with E-state index in [4.69, 9.17) is 11.5 Å². The van der Waals surface area contributed by atoms with Gasteiger partial charge in [0.05, 0.1) is 18.0 Å². The van der Waals surface area contributed by atoms with Crippen molar-refractivity contribution < 1.29 is 24.3 Å². The number of rotatable bonds is 11. The SMILES string of the molecule is C[C@@H](NC(=O)Cn1cnnn1)[C@H]1C(=O)N2C(C(=O)O)=C(S[C@@H]3CN[C@H](C(=O)N4CCN(CC(N)CN)CC4)C3)[C@H](C)[C@H]12. The summed E-state index contributed by atoms with van der Waals surface area (Å²) in [6, 6.07) is -1.30. The number of tetrazole rings is 1. The summed E-state index contributed by atoms with van der Waals surface area (Å²) in [7, 11) is 0. The molecule has 5 rings (SSSR count). The number of piperazine rings is 1. The van der Waals surface area contributed by atoms with Gasteiger partial charge in [0, 0.05) is 74.0 Å². The molecule has 0 aliphatic carbocycles. The molecule has 7 N–H and O–H groups in total. The summed E-state index contributed by atoms with van der Waals surface area (Å²) in [6.45, 7) is 8.03. The van der Waals surface area contributed by atoms with Gasteiger partial charge in [-0.15, -0.1) is 16.9 Å². The molecule has 0 bridgehead atoms. The molecule has 0 spiro atoms. The summed E-state index contributed by atoms with van der Waals surface area (Å²) in [4.78, 5) is 57.4. The third kappa shape index (κ3) is 6.01. The number of hydrogen-bond acceptors (Lipinski definition) is 12. The van der Waals surface area contributed by atoms with Gasteiger partial charge in [0.15, 0.2) is 0 Å². The highest BCUT2D eigenvalue weighted by molar-refractivity contribution is 8.03. The van der Waals surface area contributed by atoms with Gasteiger partial charge in [-0.25, -0.2) is 9.48 Å². The molecule has 0 radical (unpaired) electrons. The van der Waals surface area contributed by atoms with Crippen molar-refractivity contribution in [2.24, 2.45) is 23.3 Å². The van der Waals surface area contributed by atoms with Crippen LogP contribution in [0.4, 0.5) is 0 Å². The van der Waals surface area contributed by atoms with E-state index in [0.29, 0.717) is 44.0 Å². The molecule has 1 aromatic heterocycles. The Labute approximate surface area is 247 Å². The summed E-state index contributed by atoms with van der Waals surface area (Å²) < 4.78 is 1.28. The van der Waals surface area contributed by atoms with E-state index >= 15 is 0 Å². The molecule has 3 fully saturated rings. The third-order valence-electron chi connectivity index (χ3n) is 8.58. The van der Waals surface area contributed by atoms with Gasteiger partial charge in [-0.1, -0.05) is 6.92 Å². The van der Waals surface area contributed by atoms with Crippen LogP contribution in [0.1, 0.15) is 20.3 Å². The molecule has 3 amide bonds. The minimum absolute atomic E-state index is 0.00699. The fourth-order valence-electron chi connectivity index (χ4n) is 6.42. The lowest BCUT2D eigenvalue weighted by Crippen LogP contribution is -2.66. The first kappa shape index (κ1) is 30.3. The van der Waals surface area contributed by atoms with E-state index in [1.165, 1.54) is 27.7 Å². The number of carbonyl (C=O) groups is 4. The van der Waals surface area contributed by atoms with Crippen LogP contribution in [0.25, 0.3) is 0 Å². The number of hydrogen-bond donors (Lipinski definition) is 5. The number of thioether (sulfide) groups is 1. The van der Waals surface area contributed by atoms with Gasteiger partial charge in [-0.05, 0) is 23.8 Å². The predicted molar refractivity (Wildman–Crippen MR) is 151 cm³/mol. The molecule has 17 heteroatoms. The zero-order valence-electron chi connectivity index (χ0n) is 23.8. The van der Waals surface area contributed by atoms with Crippen molar-refractivity contribution in [2.75, 3.05) is 45.8 Å². The maximum atomic E-state index is 13.3. The Bertz CT molecular complexity index is 1220. The third-order valence-corrected chi connectivity index (χ3v) is 10.1. The summed E-state index contributed by atoms with van der Waals surface area (Å²) >= 11 is 1.44. The molecule has 1 aromatic rings. The molecule has 0 saturated carbocycles. The fourth-order valence-corrected chi connectivity index (χ4v) is 7.90. The molecule has 0 aromatic carbocycles. The van der Waals surface area contributed by atoms with Crippen molar-refractivity contribution in [2.45, 2.75) is 56.2 Å². The number of nitrogens with zero attached hydrogens (tertiary/aromatic N) is 7. The van der Waals surface area contributed by atoms with Gasteiger partial charge in [0.1, 0.15) is 18.6 Å². The quantitative estimate of drug-likeness (QED) is 0.158.